The minimum Gasteiger partial charge on any atom is -0.507 e. The maximum Gasteiger partial charge on any atom is 0.295 e. The lowest BCUT2D eigenvalue weighted by atomic mass is 9.95. The molecule has 0 aliphatic carbocycles. The summed E-state index contributed by atoms with van der Waals surface area (Å²) in [6, 6.07) is 19.6. The van der Waals surface area contributed by atoms with Crippen LogP contribution in [0.25, 0.3) is 5.76 Å². The summed E-state index contributed by atoms with van der Waals surface area (Å²) < 4.78 is 17.6. The molecule has 3 aromatic rings. The van der Waals surface area contributed by atoms with Crippen LogP contribution in [0.1, 0.15) is 55.0 Å². The zero-order valence-corrected chi connectivity index (χ0v) is 26.6. The van der Waals surface area contributed by atoms with E-state index >= 15 is 0 Å². The summed E-state index contributed by atoms with van der Waals surface area (Å²) in [7, 11) is 5.48. The van der Waals surface area contributed by atoms with Crippen molar-refractivity contribution < 1.29 is 28.9 Å². The van der Waals surface area contributed by atoms with Gasteiger partial charge in [0.05, 0.1) is 25.3 Å². The summed E-state index contributed by atoms with van der Waals surface area (Å²) >= 11 is 0. The molecule has 1 amide bonds. The molecule has 234 valence electrons. The van der Waals surface area contributed by atoms with Gasteiger partial charge in [0.25, 0.3) is 11.7 Å². The number of aryl methyl sites for hydroxylation is 1. The molecule has 0 radical (unpaired) electrons. The van der Waals surface area contributed by atoms with Gasteiger partial charge in [0.15, 0.2) is 11.5 Å². The number of likely N-dealkylation sites (tertiary alicyclic amines) is 1. The molecule has 1 atom stereocenters. The van der Waals surface area contributed by atoms with Crippen LogP contribution in [0.3, 0.4) is 0 Å². The molecule has 8 heteroatoms. The van der Waals surface area contributed by atoms with Gasteiger partial charge in [-0.3, -0.25) is 9.59 Å². The maximum absolute atomic E-state index is 13.5. The van der Waals surface area contributed by atoms with Gasteiger partial charge in [0, 0.05) is 12.1 Å². The van der Waals surface area contributed by atoms with E-state index in [-0.39, 0.29) is 11.3 Å². The molecular weight excluding hydrogens is 556 g/mol. The van der Waals surface area contributed by atoms with E-state index in [2.05, 4.69) is 13.8 Å². The number of methoxy groups -OCH3 is 1. The summed E-state index contributed by atoms with van der Waals surface area (Å²) in [5.74, 6) is 0.630. The fourth-order valence-electron chi connectivity index (χ4n) is 5.19. The Bertz CT molecular complexity index is 1480. The van der Waals surface area contributed by atoms with E-state index < -0.39 is 17.7 Å². The van der Waals surface area contributed by atoms with Crippen LogP contribution in [-0.2, 0) is 16.2 Å². The molecule has 1 fully saturated rings. The van der Waals surface area contributed by atoms with Gasteiger partial charge >= 0.3 is 0 Å². The Labute approximate surface area is 260 Å². The summed E-state index contributed by atoms with van der Waals surface area (Å²) in [6.07, 6.45) is 1.56. The first-order valence-electron chi connectivity index (χ1n) is 15.1. The van der Waals surface area contributed by atoms with E-state index in [9.17, 15) is 14.7 Å². The highest BCUT2D eigenvalue weighted by atomic mass is 16.5. The van der Waals surface area contributed by atoms with Crippen molar-refractivity contribution in [3.8, 4) is 17.2 Å². The second-order valence-electron chi connectivity index (χ2n) is 11.8. The van der Waals surface area contributed by atoms with Gasteiger partial charge in [0.2, 0.25) is 0 Å². The van der Waals surface area contributed by atoms with E-state index in [0.717, 1.165) is 24.1 Å². The van der Waals surface area contributed by atoms with Gasteiger partial charge in [-0.1, -0.05) is 44.2 Å². The fraction of sp³-hybridized carbons (Fsp3) is 0.389. The number of aliphatic hydroxyl groups excluding tert-OH is 1. The summed E-state index contributed by atoms with van der Waals surface area (Å²) in [4.78, 5) is 30.5. The molecule has 1 aliphatic rings. The number of hydrogen-bond donors (Lipinski definition) is 1. The Morgan fingerprint density at radius 3 is 2.36 bits per heavy atom. The number of carbonyl (C=O) groups excluding carboxylic acids is 2. The minimum absolute atomic E-state index is 0.0453. The van der Waals surface area contributed by atoms with E-state index in [0.29, 0.717) is 60.5 Å². The molecule has 4 rings (SSSR count). The Morgan fingerprint density at radius 1 is 0.977 bits per heavy atom. The third-order valence-corrected chi connectivity index (χ3v) is 7.78. The second-order valence-corrected chi connectivity index (χ2v) is 11.8. The topological polar surface area (TPSA) is 88.5 Å². The highest BCUT2D eigenvalue weighted by Gasteiger charge is 2.46. The Kier molecular flexibility index (Phi) is 11.1. The minimum atomic E-state index is -0.784. The third-order valence-electron chi connectivity index (χ3n) is 7.78. The molecule has 44 heavy (non-hydrogen) atoms. The van der Waals surface area contributed by atoms with E-state index in [1.807, 2.05) is 56.3 Å². The molecule has 1 heterocycles. The number of hydrogen-bond acceptors (Lipinski definition) is 7. The van der Waals surface area contributed by atoms with Crippen LogP contribution >= 0.6 is 0 Å². The van der Waals surface area contributed by atoms with Crippen molar-refractivity contribution in [2.24, 2.45) is 5.92 Å². The van der Waals surface area contributed by atoms with Crippen molar-refractivity contribution in [1.82, 2.24) is 9.80 Å². The van der Waals surface area contributed by atoms with Crippen LogP contribution in [0.15, 0.2) is 72.3 Å². The van der Waals surface area contributed by atoms with Crippen molar-refractivity contribution in [2.45, 2.75) is 46.3 Å². The van der Waals surface area contributed by atoms with Crippen molar-refractivity contribution >= 4 is 17.4 Å². The van der Waals surface area contributed by atoms with E-state index in [1.165, 1.54) is 0 Å². The van der Waals surface area contributed by atoms with Crippen molar-refractivity contribution in [2.75, 3.05) is 40.9 Å². The largest absolute Gasteiger partial charge is 0.507 e. The van der Waals surface area contributed by atoms with Gasteiger partial charge in [-0.15, -0.1) is 0 Å². The molecule has 0 aromatic heterocycles. The van der Waals surface area contributed by atoms with Gasteiger partial charge in [0.1, 0.15) is 18.1 Å². The summed E-state index contributed by atoms with van der Waals surface area (Å²) in [5.41, 5.74) is 3.35. The number of ether oxygens (including phenoxy) is 3. The average molecular weight is 601 g/mol. The Balaban J connectivity index is 1.66. The van der Waals surface area contributed by atoms with Crippen molar-refractivity contribution in [3.63, 3.8) is 0 Å². The molecule has 3 aromatic carbocycles. The lowest BCUT2D eigenvalue weighted by Crippen LogP contribution is -2.32. The lowest BCUT2D eigenvalue weighted by Gasteiger charge is -2.26. The molecule has 0 spiro atoms. The number of Topliss-reactive ketones (excluding diaryl/α,β-unsaturated/α-hetero) is 1. The van der Waals surface area contributed by atoms with Crippen LogP contribution in [0.2, 0.25) is 0 Å². The Morgan fingerprint density at radius 2 is 1.70 bits per heavy atom. The first kappa shape index (κ1) is 32.6. The first-order chi connectivity index (χ1) is 21.1. The lowest BCUT2D eigenvalue weighted by molar-refractivity contribution is -0.139. The summed E-state index contributed by atoms with van der Waals surface area (Å²) in [6.45, 7) is 8.35. The molecule has 8 nitrogen and oxygen atoms in total. The monoisotopic (exact) mass is 600 g/mol. The highest BCUT2D eigenvalue weighted by Crippen LogP contribution is 2.42. The Hall–Kier alpha value is -4.30. The first-order valence-corrected chi connectivity index (χ1v) is 15.1. The van der Waals surface area contributed by atoms with Crippen molar-refractivity contribution in [1.29, 1.82) is 0 Å². The predicted octanol–water partition coefficient (Wildman–Crippen LogP) is 6.38. The standard InChI is InChI=1S/C36H44N2O6/c1-24(2)18-21-43-30-17-14-27(22-31(30)42-6)33-32(35(40)36(41)38(33)20-9-19-37(4)5)34(39)26-12-15-29(16-13-26)44-23-28-11-8-7-10-25(28)3/h7-8,10-17,22,24,33,39H,9,18-21,23H2,1-6H3/b34-32+. The van der Waals surface area contributed by atoms with E-state index in [1.54, 1.807) is 48.4 Å². The van der Waals surface area contributed by atoms with Crippen LogP contribution in [0.5, 0.6) is 17.2 Å². The van der Waals surface area contributed by atoms with Crippen LogP contribution < -0.4 is 14.2 Å². The fourth-order valence-corrected chi connectivity index (χ4v) is 5.19. The molecule has 1 aliphatic heterocycles. The predicted molar refractivity (Wildman–Crippen MR) is 172 cm³/mol. The maximum atomic E-state index is 13.5. The zero-order chi connectivity index (χ0) is 31.8. The highest BCUT2D eigenvalue weighted by molar-refractivity contribution is 6.46. The van der Waals surface area contributed by atoms with Crippen LogP contribution in [0.4, 0.5) is 0 Å². The van der Waals surface area contributed by atoms with Crippen LogP contribution in [0, 0.1) is 12.8 Å². The SMILES string of the molecule is COc1cc(C2/C(=C(\O)c3ccc(OCc4ccccc4C)cc3)C(=O)C(=O)N2CCCN(C)C)ccc1OCCC(C)C. The molecule has 0 saturated carbocycles. The van der Waals surface area contributed by atoms with Crippen molar-refractivity contribution in [3.05, 3.63) is 94.6 Å². The number of benzene rings is 3. The zero-order valence-electron chi connectivity index (χ0n) is 26.6. The van der Waals surface area contributed by atoms with E-state index in [4.69, 9.17) is 14.2 Å². The number of amides is 1. The molecule has 1 saturated heterocycles. The van der Waals surface area contributed by atoms with Gasteiger partial charge in [-0.25, -0.2) is 0 Å². The average Bonchev–Trinajstić information content (AvgIpc) is 3.25. The number of rotatable bonds is 14. The molecule has 0 bridgehead atoms. The molecular formula is C36H44N2O6. The molecule has 1 N–H and O–H groups in total. The second kappa shape index (κ2) is 14.9. The summed E-state index contributed by atoms with van der Waals surface area (Å²) in [5, 5.41) is 11.5. The van der Waals surface area contributed by atoms with Gasteiger partial charge in [-0.05, 0) is 99.4 Å². The van der Waals surface area contributed by atoms with Gasteiger partial charge in [-0.2, -0.15) is 0 Å². The normalized spacial score (nSPS) is 16.2. The number of nitrogens with zero attached hydrogens (tertiary/aromatic N) is 2. The third kappa shape index (κ3) is 7.80. The van der Waals surface area contributed by atoms with Crippen LogP contribution in [-0.4, -0.2) is 67.5 Å². The smallest absolute Gasteiger partial charge is 0.295 e. The number of ketones is 1. The number of carbonyl (C=O) groups is 2. The van der Waals surface area contributed by atoms with Gasteiger partial charge < -0.3 is 29.1 Å². The number of aliphatic hydroxyl groups is 1. The molecule has 1 unspecified atom stereocenters. The quantitative estimate of drug-likeness (QED) is 0.131.